The second-order valence-corrected chi connectivity index (χ2v) is 2.89. The Kier molecular flexibility index (Phi) is 2.62. The van der Waals surface area contributed by atoms with Crippen LogP contribution in [0.4, 0.5) is 8.78 Å². The van der Waals surface area contributed by atoms with Gasteiger partial charge < -0.3 is 5.11 Å². The average molecular weight is 179 g/mol. The first kappa shape index (κ1) is 9.38. The van der Waals surface area contributed by atoms with Crippen LogP contribution in [0.1, 0.15) is 19.3 Å². The van der Waals surface area contributed by atoms with Crippen molar-refractivity contribution >= 4 is 5.97 Å². The van der Waals surface area contributed by atoms with E-state index in [1.165, 1.54) is 0 Å². The number of halogens is 2. The van der Waals surface area contributed by atoms with Crippen LogP contribution >= 0.6 is 0 Å². The van der Waals surface area contributed by atoms with Gasteiger partial charge in [0.05, 0.1) is 0 Å². The molecule has 70 valence electrons. The van der Waals surface area contributed by atoms with Crippen molar-refractivity contribution < 1.29 is 18.7 Å². The Labute approximate surface area is 69.0 Å². The van der Waals surface area contributed by atoms with E-state index < -0.39 is 12.0 Å². The van der Waals surface area contributed by atoms with Crippen LogP contribution in [0.3, 0.4) is 0 Å². The first-order valence-corrected chi connectivity index (χ1v) is 3.91. The maximum Gasteiger partial charge on any atom is 0.401 e. The average Bonchev–Trinajstić information content (AvgIpc) is 2.06. The topological polar surface area (TPSA) is 40.5 Å². The predicted molar refractivity (Wildman–Crippen MR) is 38.0 cm³/mol. The van der Waals surface area contributed by atoms with Gasteiger partial charge in [-0.2, -0.15) is 8.78 Å². The lowest BCUT2D eigenvalue weighted by molar-refractivity contribution is -0.199. The Balaban J connectivity index is 2.59. The summed E-state index contributed by atoms with van der Waals surface area (Å²) in [4.78, 5) is 10.8. The van der Waals surface area contributed by atoms with Gasteiger partial charge in [0.25, 0.3) is 0 Å². The highest BCUT2D eigenvalue weighted by molar-refractivity contribution is 5.74. The predicted octanol–water partition coefficient (Wildman–Crippen LogP) is 1.15. The summed E-state index contributed by atoms with van der Waals surface area (Å²) in [5.74, 6) is -2.05. The zero-order valence-corrected chi connectivity index (χ0v) is 6.59. The van der Waals surface area contributed by atoms with E-state index in [-0.39, 0.29) is 13.1 Å². The Morgan fingerprint density at radius 2 is 1.75 bits per heavy atom. The molecule has 1 aliphatic heterocycles. The number of nitrogens with zero attached hydrogens (tertiary/aromatic N) is 1. The van der Waals surface area contributed by atoms with Crippen molar-refractivity contribution in [3.63, 3.8) is 0 Å². The molecule has 0 aliphatic carbocycles. The van der Waals surface area contributed by atoms with Gasteiger partial charge >= 0.3 is 12.0 Å². The normalized spacial score (nSPS) is 20.8. The van der Waals surface area contributed by atoms with Crippen molar-refractivity contribution in [3.8, 4) is 0 Å². The lowest BCUT2D eigenvalue weighted by atomic mass is 10.1. The standard InChI is InChI=1S/C7H11F2NO2/c8-7(9,6(11)12)10-4-2-1-3-5-10/h1-5H2,(H,11,12). The minimum absolute atomic E-state index is 0.180. The van der Waals surface area contributed by atoms with E-state index in [1.54, 1.807) is 0 Å². The Morgan fingerprint density at radius 1 is 1.25 bits per heavy atom. The van der Waals surface area contributed by atoms with Crippen molar-refractivity contribution in [2.24, 2.45) is 0 Å². The number of hydrogen-bond donors (Lipinski definition) is 1. The first-order chi connectivity index (χ1) is 5.55. The molecule has 0 atom stereocenters. The minimum atomic E-state index is -3.68. The summed E-state index contributed by atoms with van der Waals surface area (Å²) >= 11 is 0. The SMILES string of the molecule is O=C(O)C(F)(F)N1CCCCC1. The van der Waals surface area contributed by atoms with Gasteiger partial charge in [-0.3, -0.25) is 0 Å². The number of piperidine rings is 1. The van der Waals surface area contributed by atoms with Gasteiger partial charge in [0.1, 0.15) is 0 Å². The smallest absolute Gasteiger partial charge is 0.401 e. The van der Waals surface area contributed by atoms with Crippen LogP contribution in [-0.2, 0) is 4.79 Å². The monoisotopic (exact) mass is 179 g/mol. The first-order valence-electron chi connectivity index (χ1n) is 3.91. The molecule has 3 nitrogen and oxygen atoms in total. The Bertz CT molecular complexity index is 178. The third-order valence-electron chi connectivity index (χ3n) is 2.01. The third-order valence-corrected chi connectivity index (χ3v) is 2.01. The van der Waals surface area contributed by atoms with Crippen molar-refractivity contribution in [2.45, 2.75) is 25.3 Å². The Hall–Kier alpha value is -0.710. The molecule has 1 heterocycles. The molecule has 0 aromatic rings. The summed E-state index contributed by atoms with van der Waals surface area (Å²) in [5, 5.41) is 8.20. The molecule has 0 unspecified atom stereocenters. The summed E-state index contributed by atoms with van der Waals surface area (Å²) in [6.07, 6.45) is 2.22. The highest BCUT2D eigenvalue weighted by Gasteiger charge is 2.45. The molecule has 0 radical (unpaired) electrons. The van der Waals surface area contributed by atoms with Crippen molar-refractivity contribution in [3.05, 3.63) is 0 Å². The van der Waals surface area contributed by atoms with Crippen LogP contribution in [0.2, 0.25) is 0 Å². The summed E-state index contributed by atoms with van der Waals surface area (Å²) in [6.45, 7) is 0.360. The van der Waals surface area contributed by atoms with Crippen LogP contribution in [0, 0.1) is 0 Å². The van der Waals surface area contributed by atoms with Crippen molar-refractivity contribution in [2.75, 3.05) is 13.1 Å². The number of likely N-dealkylation sites (tertiary alicyclic amines) is 1. The molecule has 0 aromatic heterocycles. The molecule has 12 heavy (non-hydrogen) atoms. The molecule has 1 aliphatic rings. The second kappa shape index (κ2) is 3.35. The molecule has 1 N–H and O–H groups in total. The number of carboxylic acid groups (broad SMARTS) is 1. The number of carboxylic acids is 1. The fraction of sp³-hybridized carbons (Fsp3) is 0.857. The second-order valence-electron chi connectivity index (χ2n) is 2.89. The van der Waals surface area contributed by atoms with Gasteiger partial charge in [-0.05, 0) is 12.8 Å². The van der Waals surface area contributed by atoms with Crippen molar-refractivity contribution in [1.82, 2.24) is 4.90 Å². The van der Waals surface area contributed by atoms with Gasteiger partial charge in [0.2, 0.25) is 0 Å². The van der Waals surface area contributed by atoms with E-state index in [9.17, 15) is 13.6 Å². The van der Waals surface area contributed by atoms with E-state index in [0.29, 0.717) is 12.8 Å². The zero-order valence-electron chi connectivity index (χ0n) is 6.59. The molecule has 0 amide bonds. The molecule has 0 spiro atoms. The quantitative estimate of drug-likeness (QED) is 0.646. The number of alkyl halides is 2. The molecule has 1 fully saturated rings. The molecule has 0 saturated carbocycles. The van der Waals surface area contributed by atoms with E-state index in [1.807, 2.05) is 0 Å². The maximum atomic E-state index is 12.8. The fourth-order valence-electron chi connectivity index (χ4n) is 1.31. The molecule has 5 heteroatoms. The van der Waals surface area contributed by atoms with E-state index in [0.717, 1.165) is 11.3 Å². The van der Waals surface area contributed by atoms with Crippen LogP contribution in [0.25, 0.3) is 0 Å². The van der Waals surface area contributed by atoms with E-state index >= 15 is 0 Å². The Morgan fingerprint density at radius 3 is 2.17 bits per heavy atom. The summed E-state index contributed by atoms with van der Waals surface area (Å²) in [5.41, 5.74) is 0. The highest BCUT2D eigenvalue weighted by Crippen LogP contribution is 2.23. The lowest BCUT2D eigenvalue weighted by Crippen LogP contribution is -2.49. The van der Waals surface area contributed by atoms with Crippen LogP contribution in [0.5, 0.6) is 0 Å². The van der Waals surface area contributed by atoms with Gasteiger partial charge in [-0.15, -0.1) is 0 Å². The van der Waals surface area contributed by atoms with Gasteiger partial charge in [0, 0.05) is 13.1 Å². The minimum Gasteiger partial charge on any atom is -0.476 e. The third kappa shape index (κ3) is 1.72. The van der Waals surface area contributed by atoms with Gasteiger partial charge in [-0.1, -0.05) is 6.42 Å². The van der Waals surface area contributed by atoms with Crippen LogP contribution < -0.4 is 0 Å². The lowest BCUT2D eigenvalue weighted by Gasteiger charge is -2.30. The molecule has 1 rings (SSSR count). The molecular formula is C7H11F2NO2. The number of carbonyl (C=O) groups is 1. The fourth-order valence-corrected chi connectivity index (χ4v) is 1.31. The van der Waals surface area contributed by atoms with E-state index in [4.69, 9.17) is 5.11 Å². The van der Waals surface area contributed by atoms with Crippen LogP contribution in [-0.4, -0.2) is 35.1 Å². The molecular weight excluding hydrogens is 168 g/mol. The maximum absolute atomic E-state index is 12.8. The summed E-state index contributed by atoms with van der Waals surface area (Å²) in [6, 6.07) is -3.68. The number of aliphatic carboxylic acids is 1. The number of hydrogen-bond acceptors (Lipinski definition) is 2. The highest BCUT2D eigenvalue weighted by atomic mass is 19.3. The van der Waals surface area contributed by atoms with Crippen molar-refractivity contribution in [1.29, 1.82) is 0 Å². The molecule has 0 aromatic carbocycles. The summed E-state index contributed by atoms with van der Waals surface area (Å²) < 4.78 is 25.5. The van der Waals surface area contributed by atoms with Gasteiger partial charge in [0.15, 0.2) is 0 Å². The molecule has 0 bridgehead atoms. The van der Waals surface area contributed by atoms with E-state index in [2.05, 4.69) is 0 Å². The van der Waals surface area contributed by atoms with Crippen LogP contribution in [0.15, 0.2) is 0 Å². The molecule has 1 saturated heterocycles. The van der Waals surface area contributed by atoms with Gasteiger partial charge in [-0.25, -0.2) is 9.69 Å². The zero-order chi connectivity index (χ0) is 9.19. The largest absolute Gasteiger partial charge is 0.476 e. The number of rotatable bonds is 2. The summed E-state index contributed by atoms with van der Waals surface area (Å²) in [7, 11) is 0.